The molecule has 0 unspecified atom stereocenters. The van der Waals surface area contributed by atoms with Gasteiger partial charge >= 0.3 is 0 Å². The molecule has 4 aromatic rings. The van der Waals surface area contributed by atoms with Gasteiger partial charge in [-0.3, -0.25) is 0 Å². The van der Waals surface area contributed by atoms with E-state index in [9.17, 15) is 9.50 Å². The van der Waals surface area contributed by atoms with Crippen LogP contribution in [0.15, 0.2) is 85.3 Å². The molecule has 4 nitrogen and oxygen atoms in total. The number of ether oxygens (including phenoxy) is 1. The predicted molar refractivity (Wildman–Crippen MR) is 117 cm³/mol. The summed E-state index contributed by atoms with van der Waals surface area (Å²) >= 11 is 5.91. The monoisotopic (exact) mass is 434 g/mol. The summed E-state index contributed by atoms with van der Waals surface area (Å²) in [5, 5.41) is 12.0. The van der Waals surface area contributed by atoms with Crippen molar-refractivity contribution in [1.82, 2.24) is 9.55 Å². The summed E-state index contributed by atoms with van der Waals surface area (Å²) in [5.41, 5.74) is 1.61. The Kier molecular flexibility index (Phi) is 5.00. The zero-order valence-corrected chi connectivity index (χ0v) is 17.3. The van der Waals surface area contributed by atoms with E-state index in [-0.39, 0.29) is 6.04 Å². The number of aliphatic hydroxyl groups is 1. The summed E-state index contributed by atoms with van der Waals surface area (Å²) in [6, 6.07) is 21.5. The first-order valence-corrected chi connectivity index (χ1v) is 10.4. The third-order valence-corrected chi connectivity index (χ3v) is 6.05. The number of hydrogen-bond acceptors (Lipinski definition) is 3. The number of nitrogens with zero attached hydrogens (tertiary/aromatic N) is 2. The SMILES string of the molecule is O[C@]1(c2ccc(OCc3ccccc3)cc2)C[C@H](c2ccc(Cl)cc2F)n2cncc21. The average molecular weight is 435 g/mol. The number of benzene rings is 3. The van der Waals surface area contributed by atoms with Crippen molar-refractivity contribution in [3.05, 3.63) is 119 Å². The third-order valence-electron chi connectivity index (χ3n) is 5.82. The van der Waals surface area contributed by atoms with E-state index in [0.717, 1.165) is 5.56 Å². The summed E-state index contributed by atoms with van der Waals surface area (Å²) in [6.07, 6.45) is 3.56. The van der Waals surface area contributed by atoms with Gasteiger partial charge in [-0.05, 0) is 35.4 Å². The van der Waals surface area contributed by atoms with Crippen molar-refractivity contribution in [2.24, 2.45) is 0 Å². The molecule has 1 aliphatic rings. The second-order valence-corrected chi connectivity index (χ2v) is 8.17. The number of aromatic nitrogens is 2. The van der Waals surface area contributed by atoms with E-state index in [1.165, 1.54) is 6.07 Å². The minimum atomic E-state index is -1.29. The summed E-state index contributed by atoms with van der Waals surface area (Å²) in [4.78, 5) is 4.20. The first-order chi connectivity index (χ1) is 15.0. The topological polar surface area (TPSA) is 47.3 Å². The summed E-state index contributed by atoms with van der Waals surface area (Å²) < 4.78 is 22.3. The van der Waals surface area contributed by atoms with Gasteiger partial charge in [0.2, 0.25) is 0 Å². The fourth-order valence-electron chi connectivity index (χ4n) is 4.22. The van der Waals surface area contributed by atoms with Crippen LogP contribution in [0.25, 0.3) is 0 Å². The average Bonchev–Trinajstić information content (AvgIpc) is 3.37. The van der Waals surface area contributed by atoms with E-state index in [4.69, 9.17) is 16.3 Å². The molecule has 0 spiro atoms. The Labute approximate surface area is 184 Å². The highest BCUT2D eigenvalue weighted by molar-refractivity contribution is 6.30. The molecule has 0 fully saturated rings. The van der Waals surface area contributed by atoms with Crippen LogP contribution < -0.4 is 4.74 Å². The molecule has 2 heterocycles. The standard InChI is InChI=1S/C25H20ClFN2O2/c26-19-8-11-21(22(27)12-19)23-13-25(30,24-14-28-16-29(23)24)18-6-9-20(10-7-18)31-15-17-4-2-1-3-5-17/h1-12,14,16,23,30H,13,15H2/t23-,25+/m1/s1. The molecule has 2 atom stereocenters. The lowest BCUT2D eigenvalue weighted by Crippen LogP contribution is -2.24. The maximum atomic E-state index is 14.6. The largest absolute Gasteiger partial charge is 0.489 e. The smallest absolute Gasteiger partial charge is 0.133 e. The van der Waals surface area contributed by atoms with Crippen LogP contribution in [0.2, 0.25) is 5.02 Å². The Morgan fingerprint density at radius 2 is 1.87 bits per heavy atom. The van der Waals surface area contributed by atoms with Gasteiger partial charge in [0, 0.05) is 17.0 Å². The Morgan fingerprint density at radius 1 is 1.10 bits per heavy atom. The highest BCUT2D eigenvalue weighted by atomic mass is 35.5. The Morgan fingerprint density at radius 3 is 2.61 bits per heavy atom. The highest BCUT2D eigenvalue weighted by Crippen LogP contribution is 2.47. The van der Waals surface area contributed by atoms with Gasteiger partial charge in [-0.1, -0.05) is 60.1 Å². The maximum absolute atomic E-state index is 14.6. The van der Waals surface area contributed by atoms with Crippen molar-refractivity contribution in [2.45, 2.75) is 24.7 Å². The summed E-state index contributed by atoms with van der Waals surface area (Å²) in [6.45, 7) is 0.467. The summed E-state index contributed by atoms with van der Waals surface area (Å²) in [7, 11) is 0. The van der Waals surface area contributed by atoms with Crippen molar-refractivity contribution < 1.29 is 14.2 Å². The van der Waals surface area contributed by atoms with Gasteiger partial charge in [-0.15, -0.1) is 0 Å². The second-order valence-electron chi connectivity index (χ2n) is 7.73. The van der Waals surface area contributed by atoms with E-state index >= 15 is 0 Å². The van der Waals surface area contributed by atoms with Gasteiger partial charge in [0.15, 0.2) is 0 Å². The highest BCUT2D eigenvalue weighted by Gasteiger charge is 2.45. The van der Waals surface area contributed by atoms with Gasteiger partial charge < -0.3 is 14.4 Å². The molecule has 31 heavy (non-hydrogen) atoms. The summed E-state index contributed by atoms with van der Waals surface area (Å²) in [5.74, 6) is 0.314. The normalized spacial score (nSPS) is 19.9. The molecule has 0 aliphatic carbocycles. The molecule has 3 aromatic carbocycles. The van der Waals surface area contributed by atoms with E-state index in [2.05, 4.69) is 4.98 Å². The lowest BCUT2D eigenvalue weighted by Gasteiger charge is -2.23. The van der Waals surface area contributed by atoms with Crippen LogP contribution in [0, 0.1) is 5.82 Å². The Balaban J connectivity index is 1.41. The molecular weight excluding hydrogens is 415 g/mol. The van der Waals surface area contributed by atoms with Crippen molar-refractivity contribution in [3.63, 3.8) is 0 Å². The fourth-order valence-corrected chi connectivity index (χ4v) is 4.38. The van der Waals surface area contributed by atoms with Crippen LogP contribution in [-0.4, -0.2) is 14.7 Å². The molecule has 0 saturated carbocycles. The fraction of sp³-hybridized carbons (Fsp3) is 0.160. The molecule has 1 aromatic heterocycles. The van der Waals surface area contributed by atoms with E-state index in [1.807, 2.05) is 59.2 Å². The van der Waals surface area contributed by atoms with Gasteiger partial charge in [0.1, 0.15) is 23.8 Å². The van der Waals surface area contributed by atoms with Crippen molar-refractivity contribution in [1.29, 1.82) is 0 Å². The lowest BCUT2D eigenvalue weighted by atomic mass is 9.86. The van der Waals surface area contributed by atoms with Gasteiger partial charge in [-0.25, -0.2) is 9.37 Å². The quantitative estimate of drug-likeness (QED) is 0.452. The predicted octanol–water partition coefficient (Wildman–Crippen LogP) is 5.48. The van der Waals surface area contributed by atoms with E-state index in [1.54, 1.807) is 24.7 Å². The number of rotatable bonds is 5. The molecule has 6 heteroatoms. The molecule has 156 valence electrons. The van der Waals surface area contributed by atoms with Crippen LogP contribution >= 0.6 is 11.6 Å². The first kappa shape index (κ1) is 19.8. The number of halogens is 2. The number of hydrogen-bond donors (Lipinski definition) is 1. The number of imidazole rings is 1. The zero-order chi connectivity index (χ0) is 21.4. The Bertz CT molecular complexity index is 1210. The molecular formula is C25H20ClFN2O2. The van der Waals surface area contributed by atoms with Crippen LogP contribution in [0.1, 0.15) is 34.8 Å². The van der Waals surface area contributed by atoms with Gasteiger partial charge in [-0.2, -0.15) is 0 Å². The minimum Gasteiger partial charge on any atom is -0.489 e. The third kappa shape index (κ3) is 3.60. The van der Waals surface area contributed by atoms with Crippen LogP contribution in [0.4, 0.5) is 4.39 Å². The van der Waals surface area contributed by atoms with Crippen LogP contribution in [-0.2, 0) is 12.2 Å². The van der Waals surface area contributed by atoms with Crippen LogP contribution in [0.3, 0.4) is 0 Å². The van der Waals surface area contributed by atoms with Gasteiger partial charge in [0.25, 0.3) is 0 Å². The molecule has 1 aliphatic heterocycles. The molecule has 1 N–H and O–H groups in total. The molecule has 0 radical (unpaired) electrons. The van der Waals surface area contributed by atoms with E-state index in [0.29, 0.717) is 40.6 Å². The molecule has 5 rings (SSSR count). The second kappa shape index (κ2) is 7.84. The van der Waals surface area contributed by atoms with E-state index < -0.39 is 11.4 Å². The van der Waals surface area contributed by atoms with Crippen molar-refractivity contribution in [2.75, 3.05) is 0 Å². The molecule has 0 bridgehead atoms. The lowest BCUT2D eigenvalue weighted by molar-refractivity contribution is 0.0792. The minimum absolute atomic E-state index is 0.299. The first-order valence-electron chi connectivity index (χ1n) is 10.0. The van der Waals surface area contributed by atoms with Crippen LogP contribution in [0.5, 0.6) is 5.75 Å². The zero-order valence-electron chi connectivity index (χ0n) is 16.6. The van der Waals surface area contributed by atoms with Gasteiger partial charge in [0.05, 0.1) is 24.3 Å². The molecule has 0 saturated heterocycles. The maximum Gasteiger partial charge on any atom is 0.133 e. The van der Waals surface area contributed by atoms with Crippen molar-refractivity contribution >= 4 is 11.6 Å². The van der Waals surface area contributed by atoms with Crippen molar-refractivity contribution in [3.8, 4) is 5.75 Å². The Hall–Kier alpha value is -3.15. The molecule has 0 amide bonds. The number of fused-ring (bicyclic) bond motifs is 1.